The number of rotatable bonds is 8. The van der Waals surface area contributed by atoms with E-state index in [1.807, 2.05) is 13.8 Å². The Morgan fingerprint density at radius 2 is 2.15 bits per heavy atom. The summed E-state index contributed by atoms with van der Waals surface area (Å²) in [5.74, 6) is 0.0742. The predicted octanol–water partition coefficient (Wildman–Crippen LogP) is -0.266. The first-order chi connectivity index (χ1) is 9.52. The first-order valence-electron chi connectivity index (χ1n) is 6.79. The molecule has 0 radical (unpaired) electrons. The van der Waals surface area contributed by atoms with Gasteiger partial charge in [0.2, 0.25) is 5.91 Å². The molecule has 0 atom stereocenters. The van der Waals surface area contributed by atoms with Crippen LogP contribution in [0.1, 0.15) is 30.8 Å². The number of hydrogen-bond donors (Lipinski definition) is 3. The minimum absolute atomic E-state index is 0.0624. The molecule has 2 amide bonds. The molecule has 20 heavy (non-hydrogen) atoms. The lowest BCUT2D eigenvalue weighted by Gasteiger charge is -2.07. The van der Waals surface area contributed by atoms with Gasteiger partial charge >= 0.3 is 0 Å². The molecule has 0 saturated carbocycles. The van der Waals surface area contributed by atoms with Gasteiger partial charge in [-0.3, -0.25) is 9.59 Å². The minimum atomic E-state index is -0.280. The zero-order valence-corrected chi connectivity index (χ0v) is 12.1. The summed E-state index contributed by atoms with van der Waals surface area (Å²) in [6.45, 7) is 6.12. The highest BCUT2D eigenvalue weighted by Crippen LogP contribution is 1.96. The first-order valence-corrected chi connectivity index (χ1v) is 6.79. The van der Waals surface area contributed by atoms with Crippen LogP contribution < -0.4 is 16.4 Å². The number of nitrogens with one attached hydrogen (secondary N) is 2. The van der Waals surface area contributed by atoms with Crippen LogP contribution in [0.2, 0.25) is 0 Å². The van der Waals surface area contributed by atoms with E-state index in [9.17, 15) is 9.59 Å². The molecule has 112 valence electrons. The Morgan fingerprint density at radius 1 is 1.40 bits per heavy atom. The lowest BCUT2D eigenvalue weighted by molar-refractivity contribution is -0.121. The van der Waals surface area contributed by atoms with Gasteiger partial charge < -0.3 is 20.9 Å². The Balaban J connectivity index is 2.27. The monoisotopic (exact) mass is 281 g/mol. The van der Waals surface area contributed by atoms with Gasteiger partial charge in [-0.2, -0.15) is 0 Å². The summed E-state index contributed by atoms with van der Waals surface area (Å²) in [6.07, 6.45) is 3.47. The van der Waals surface area contributed by atoms with Crippen molar-refractivity contribution in [2.24, 2.45) is 11.7 Å². The van der Waals surface area contributed by atoms with Crippen LogP contribution in [0.15, 0.2) is 12.5 Å². The summed E-state index contributed by atoms with van der Waals surface area (Å²) >= 11 is 0. The molecule has 0 aliphatic carbocycles. The van der Waals surface area contributed by atoms with Gasteiger partial charge in [-0.15, -0.1) is 0 Å². The van der Waals surface area contributed by atoms with Crippen LogP contribution in [-0.4, -0.2) is 41.0 Å². The normalized spacial score (nSPS) is 10.6. The Kier molecular flexibility index (Phi) is 6.72. The van der Waals surface area contributed by atoms with E-state index in [1.54, 1.807) is 17.1 Å². The number of nitrogens with zero attached hydrogens (tertiary/aromatic N) is 2. The van der Waals surface area contributed by atoms with Crippen molar-refractivity contribution in [1.82, 2.24) is 20.2 Å². The van der Waals surface area contributed by atoms with E-state index in [0.717, 1.165) is 0 Å². The lowest BCUT2D eigenvalue weighted by atomic mass is 10.2. The number of aromatic nitrogens is 2. The van der Waals surface area contributed by atoms with Crippen LogP contribution in [0.4, 0.5) is 0 Å². The summed E-state index contributed by atoms with van der Waals surface area (Å²) in [6, 6.07) is 0. The first kappa shape index (κ1) is 16.2. The van der Waals surface area contributed by atoms with E-state index in [-0.39, 0.29) is 18.2 Å². The molecule has 7 nitrogen and oxygen atoms in total. The fraction of sp³-hybridized carbons (Fsp3) is 0.615. The van der Waals surface area contributed by atoms with Crippen LogP contribution in [0.25, 0.3) is 0 Å². The molecule has 7 heteroatoms. The zero-order valence-electron chi connectivity index (χ0n) is 12.1. The maximum absolute atomic E-state index is 11.8. The van der Waals surface area contributed by atoms with Crippen molar-refractivity contribution < 1.29 is 9.59 Å². The van der Waals surface area contributed by atoms with Gasteiger partial charge in [0.05, 0.1) is 6.33 Å². The van der Waals surface area contributed by atoms with Gasteiger partial charge in [0, 0.05) is 38.8 Å². The topological polar surface area (TPSA) is 102 Å². The van der Waals surface area contributed by atoms with Gasteiger partial charge in [-0.05, 0) is 5.92 Å². The summed E-state index contributed by atoms with van der Waals surface area (Å²) in [4.78, 5) is 27.2. The third kappa shape index (κ3) is 5.83. The molecule has 4 N–H and O–H groups in total. The molecule has 0 aliphatic rings. The van der Waals surface area contributed by atoms with Crippen molar-refractivity contribution in [2.45, 2.75) is 26.8 Å². The smallest absolute Gasteiger partial charge is 0.271 e. The number of nitrogens with two attached hydrogens (primary N) is 1. The second-order valence-electron chi connectivity index (χ2n) is 4.99. The molecule has 0 spiro atoms. The van der Waals surface area contributed by atoms with Gasteiger partial charge in [0.1, 0.15) is 5.69 Å². The maximum Gasteiger partial charge on any atom is 0.271 e. The molecule has 0 unspecified atom stereocenters. The van der Waals surface area contributed by atoms with Crippen LogP contribution in [0, 0.1) is 5.92 Å². The van der Waals surface area contributed by atoms with Gasteiger partial charge in [0.25, 0.3) is 5.91 Å². The van der Waals surface area contributed by atoms with E-state index < -0.39 is 0 Å². The maximum atomic E-state index is 11.8. The van der Waals surface area contributed by atoms with Crippen molar-refractivity contribution in [3.8, 4) is 0 Å². The summed E-state index contributed by atoms with van der Waals surface area (Å²) in [5.41, 5.74) is 5.75. The third-order valence-corrected chi connectivity index (χ3v) is 2.60. The van der Waals surface area contributed by atoms with E-state index in [0.29, 0.717) is 37.8 Å². The van der Waals surface area contributed by atoms with Crippen LogP contribution in [0.3, 0.4) is 0 Å². The molecule has 0 aromatic carbocycles. The number of amides is 2. The summed E-state index contributed by atoms with van der Waals surface area (Å²) < 4.78 is 1.75. The third-order valence-electron chi connectivity index (χ3n) is 2.60. The Labute approximate surface area is 118 Å². The quantitative estimate of drug-likeness (QED) is 0.610. The molecular formula is C13H23N5O2. The van der Waals surface area contributed by atoms with E-state index >= 15 is 0 Å². The molecule has 1 aromatic heterocycles. The van der Waals surface area contributed by atoms with Crippen LogP contribution in [0.5, 0.6) is 0 Å². The number of carbonyl (C=O) groups excluding carboxylic acids is 2. The molecule has 1 rings (SSSR count). The highest BCUT2D eigenvalue weighted by molar-refractivity contribution is 5.92. The molecule has 1 heterocycles. The minimum Gasteiger partial charge on any atom is -0.356 e. The fourth-order valence-electron chi connectivity index (χ4n) is 1.54. The number of imidazole rings is 1. The average Bonchev–Trinajstić information content (AvgIpc) is 2.85. The highest BCUT2D eigenvalue weighted by Gasteiger charge is 2.09. The van der Waals surface area contributed by atoms with E-state index in [4.69, 9.17) is 5.73 Å². The molecule has 0 saturated heterocycles. The molecule has 0 fully saturated rings. The summed E-state index contributed by atoms with van der Waals surface area (Å²) in [5, 5.41) is 5.46. The Morgan fingerprint density at radius 3 is 2.80 bits per heavy atom. The SMILES string of the molecule is CC(C)CNC(=O)CCNC(=O)c1cn(CCN)cn1. The molecule has 0 bridgehead atoms. The highest BCUT2D eigenvalue weighted by atomic mass is 16.2. The van der Waals surface area contributed by atoms with Crippen LogP contribution in [-0.2, 0) is 11.3 Å². The van der Waals surface area contributed by atoms with Gasteiger partial charge in [-0.1, -0.05) is 13.8 Å². The lowest BCUT2D eigenvalue weighted by Crippen LogP contribution is -2.32. The zero-order chi connectivity index (χ0) is 15.0. The van der Waals surface area contributed by atoms with E-state index in [1.165, 1.54) is 0 Å². The summed E-state index contributed by atoms with van der Waals surface area (Å²) in [7, 11) is 0. The Bertz CT molecular complexity index is 442. The molecular weight excluding hydrogens is 258 g/mol. The molecule has 1 aromatic rings. The molecule has 0 aliphatic heterocycles. The average molecular weight is 281 g/mol. The van der Waals surface area contributed by atoms with Crippen molar-refractivity contribution in [3.63, 3.8) is 0 Å². The number of carbonyl (C=O) groups is 2. The van der Waals surface area contributed by atoms with E-state index in [2.05, 4.69) is 15.6 Å². The van der Waals surface area contributed by atoms with Gasteiger partial charge in [-0.25, -0.2) is 4.98 Å². The number of hydrogen-bond acceptors (Lipinski definition) is 4. The standard InChI is InChI=1S/C13H23N5O2/c1-10(2)7-16-12(19)3-5-15-13(20)11-8-18(6-4-14)9-17-11/h8-10H,3-7,14H2,1-2H3,(H,15,20)(H,16,19). The predicted molar refractivity (Wildman–Crippen MR) is 76.1 cm³/mol. The van der Waals surface area contributed by atoms with Crippen molar-refractivity contribution in [1.29, 1.82) is 0 Å². The van der Waals surface area contributed by atoms with Crippen molar-refractivity contribution in [3.05, 3.63) is 18.2 Å². The largest absolute Gasteiger partial charge is 0.356 e. The van der Waals surface area contributed by atoms with Crippen LogP contribution >= 0.6 is 0 Å². The fourth-order valence-corrected chi connectivity index (χ4v) is 1.54. The van der Waals surface area contributed by atoms with Crippen molar-refractivity contribution >= 4 is 11.8 Å². The second kappa shape index (κ2) is 8.31. The second-order valence-corrected chi connectivity index (χ2v) is 4.99. The Hall–Kier alpha value is -1.89. The van der Waals surface area contributed by atoms with Gasteiger partial charge in [0.15, 0.2) is 0 Å². The van der Waals surface area contributed by atoms with Crippen molar-refractivity contribution in [2.75, 3.05) is 19.6 Å².